The molecule has 0 atom stereocenters. The highest BCUT2D eigenvalue weighted by molar-refractivity contribution is 5.95. The summed E-state index contributed by atoms with van der Waals surface area (Å²) in [6.07, 6.45) is 0.198. The second kappa shape index (κ2) is 6.39. The summed E-state index contributed by atoms with van der Waals surface area (Å²) in [5, 5.41) is 9.60. The molecular weight excluding hydrogens is 269 g/mol. The molecule has 0 saturated carbocycles. The summed E-state index contributed by atoms with van der Waals surface area (Å²) in [5.41, 5.74) is 2.38. The molecule has 1 amide bonds. The summed E-state index contributed by atoms with van der Waals surface area (Å²) < 4.78 is 12.9. The van der Waals surface area contributed by atoms with Crippen LogP contribution in [0.1, 0.15) is 18.1 Å². The van der Waals surface area contributed by atoms with Crippen molar-refractivity contribution in [1.29, 1.82) is 0 Å². The molecule has 0 aliphatic rings. The van der Waals surface area contributed by atoms with Crippen LogP contribution in [0.3, 0.4) is 0 Å². The number of carbonyl (C=O) groups excluding carboxylic acids is 1. The first kappa shape index (κ1) is 15.0. The number of aryl methyl sites for hydroxylation is 1. The molecule has 0 spiro atoms. The maximum absolute atomic E-state index is 12.9. The van der Waals surface area contributed by atoms with Crippen molar-refractivity contribution in [3.63, 3.8) is 0 Å². The standard InChI is InChI=1S/C17H18FNO2/c1-3-19(16-11-15(20)9-4-12(16)2)17(21)10-13-5-7-14(18)8-6-13/h4-9,11,20H,3,10H2,1-2H3. The number of halogens is 1. The molecule has 2 aromatic rings. The fourth-order valence-corrected chi connectivity index (χ4v) is 2.24. The molecule has 110 valence electrons. The molecule has 0 aliphatic heterocycles. The first-order valence-electron chi connectivity index (χ1n) is 6.85. The van der Waals surface area contributed by atoms with Gasteiger partial charge in [0.05, 0.1) is 12.1 Å². The van der Waals surface area contributed by atoms with E-state index in [0.717, 1.165) is 11.1 Å². The third-order valence-corrected chi connectivity index (χ3v) is 3.37. The molecule has 0 aromatic heterocycles. The molecule has 0 heterocycles. The summed E-state index contributed by atoms with van der Waals surface area (Å²) >= 11 is 0. The first-order chi connectivity index (χ1) is 10.0. The van der Waals surface area contributed by atoms with Gasteiger partial charge in [-0.15, -0.1) is 0 Å². The number of carbonyl (C=O) groups is 1. The summed E-state index contributed by atoms with van der Waals surface area (Å²) in [7, 11) is 0. The molecule has 0 bridgehead atoms. The molecule has 4 heteroatoms. The highest BCUT2D eigenvalue weighted by Gasteiger charge is 2.16. The van der Waals surface area contributed by atoms with E-state index in [0.29, 0.717) is 12.2 Å². The van der Waals surface area contributed by atoms with Gasteiger partial charge in [0.1, 0.15) is 11.6 Å². The summed E-state index contributed by atoms with van der Waals surface area (Å²) in [5.74, 6) is -0.274. The van der Waals surface area contributed by atoms with Crippen LogP contribution in [0, 0.1) is 12.7 Å². The monoisotopic (exact) mass is 287 g/mol. The minimum Gasteiger partial charge on any atom is -0.508 e. The number of amides is 1. The molecule has 1 N–H and O–H groups in total. The van der Waals surface area contributed by atoms with Gasteiger partial charge in [-0.3, -0.25) is 4.79 Å². The number of anilines is 1. The Morgan fingerprint density at radius 2 is 1.86 bits per heavy atom. The lowest BCUT2D eigenvalue weighted by Gasteiger charge is -2.23. The topological polar surface area (TPSA) is 40.5 Å². The number of aromatic hydroxyl groups is 1. The molecule has 2 aromatic carbocycles. The Kier molecular flexibility index (Phi) is 4.58. The van der Waals surface area contributed by atoms with Crippen LogP contribution in [0.25, 0.3) is 0 Å². The van der Waals surface area contributed by atoms with E-state index in [9.17, 15) is 14.3 Å². The van der Waals surface area contributed by atoms with Crippen LogP contribution in [0.5, 0.6) is 5.75 Å². The van der Waals surface area contributed by atoms with E-state index in [-0.39, 0.29) is 23.9 Å². The third kappa shape index (κ3) is 3.60. The van der Waals surface area contributed by atoms with Gasteiger partial charge in [0.25, 0.3) is 0 Å². The minimum absolute atomic E-state index is 0.0854. The fourth-order valence-electron chi connectivity index (χ4n) is 2.24. The molecule has 0 fully saturated rings. The number of hydrogen-bond donors (Lipinski definition) is 1. The summed E-state index contributed by atoms with van der Waals surface area (Å²) in [4.78, 5) is 14.1. The summed E-state index contributed by atoms with van der Waals surface area (Å²) in [6, 6.07) is 10.9. The van der Waals surface area contributed by atoms with Crippen LogP contribution in [0.2, 0.25) is 0 Å². The van der Waals surface area contributed by atoms with Gasteiger partial charge in [0, 0.05) is 12.6 Å². The van der Waals surface area contributed by atoms with E-state index in [2.05, 4.69) is 0 Å². The highest BCUT2D eigenvalue weighted by atomic mass is 19.1. The number of nitrogens with zero attached hydrogens (tertiary/aromatic N) is 1. The smallest absolute Gasteiger partial charge is 0.231 e. The van der Waals surface area contributed by atoms with E-state index in [1.165, 1.54) is 12.1 Å². The summed E-state index contributed by atoms with van der Waals surface area (Å²) in [6.45, 7) is 4.28. The normalized spacial score (nSPS) is 10.4. The molecule has 0 saturated heterocycles. The minimum atomic E-state index is -0.317. The molecule has 2 rings (SSSR count). The zero-order chi connectivity index (χ0) is 15.4. The van der Waals surface area contributed by atoms with Gasteiger partial charge >= 0.3 is 0 Å². The van der Waals surface area contributed by atoms with Crippen LogP contribution in [0.4, 0.5) is 10.1 Å². The van der Waals surface area contributed by atoms with Gasteiger partial charge in [-0.2, -0.15) is 0 Å². The molecule has 3 nitrogen and oxygen atoms in total. The van der Waals surface area contributed by atoms with Gasteiger partial charge in [-0.1, -0.05) is 18.2 Å². The number of phenolic OH excluding ortho intramolecular Hbond substituents is 1. The lowest BCUT2D eigenvalue weighted by atomic mass is 10.1. The van der Waals surface area contributed by atoms with Gasteiger partial charge in [0.15, 0.2) is 0 Å². The van der Waals surface area contributed by atoms with E-state index in [1.54, 1.807) is 35.2 Å². The van der Waals surface area contributed by atoms with E-state index in [4.69, 9.17) is 0 Å². The van der Waals surface area contributed by atoms with Crippen LogP contribution >= 0.6 is 0 Å². The average Bonchev–Trinajstić information content (AvgIpc) is 2.46. The Morgan fingerprint density at radius 3 is 2.48 bits per heavy atom. The number of benzene rings is 2. The second-order valence-corrected chi connectivity index (χ2v) is 4.91. The van der Waals surface area contributed by atoms with Gasteiger partial charge < -0.3 is 10.0 Å². The fraction of sp³-hybridized carbons (Fsp3) is 0.235. The Bertz CT molecular complexity index is 638. The predicted octanol–water partition coefficient (Wildman–Crippen LogP) is 3.44. The predicted molar refractivity (Wildman–Crippen MR) is 81.0 cm³/mol. The van der Waals surface area contributed by atoms with Crippen molar-refractivity contribution in [3.05, 3.63) is 59.4 Å². The Hall–Kier alpha value is -2.36. The van der Waals surface area contributed by atoms with Crippen molar-refractivity contribution in [2.45, 2.75) is 20.3 Å². The van der Waals surface area contributed by atoms with Crippen molar-refractivity contribution in [3.8, 4) is 5.75 Å². The maximum Gasteiger partial charge on any atom is 0.231 e. The zero-order valence-corrected chi connectivity index (χ0v) is 12.1. The molecular formula is C17H18FNO2. The second-order valence-electron chi connectivity index (χ2n) is 4.91. The quantitative estimate of drug-likeness (QED) is 0.936. The van der Waals surface area contributed by atoms with Crippen LogP contribution < -0.4 is 4.90 Å². The Morgan fingerprint density at radius 1 is 1.19 bits per heavy atom. The van der Waals surface area contributed by atoms with Crippen molar-refractivity contribution in [2.75, 3.05) is 11.4 Å². The van der Waals surface area contributed by atoms with Gasteiger partial charge in [0.2, 0.25) is 5.91 Å². The number of likely N-dealkylation sites (N-methyl/N-ethyl adjacent to an activating group) is 1. The van der Waals surface area contributed by atoms with Crippen molar-refractivity contribution in [2.24, 2.45) is 0 Å². The Balaban J connectivity index is 2.22. The molecule has 21 heavy (non-hydrogen) atoms. The molecule has 0 unspecified atom stereocenters. The van der Waals surface area contributed by atoms with Gasteiger partial charge in [-0.05, 0) is 43.2 Å². The number of hydrogen-bond acceptors (Lipinski definition) is 2. The maximum atomic E-state index is 12.9. The SMILES string of the molecule is CCN(C(=O)Cc1ccc(F)cc1)c1cc(O)ccc1C. The lowest BCUT2D eigenvalue weighted by molar-refractivity contribution is -0.117. The average molecular weight is 287 g/mol. The van der Waals surface area contributed by atoms with Crippen molar-refractivity contribution < 1.29 is 14.3 Å². The molecule has 0 radical (unpaired) electrons. The molecule has 0 aliphatic carbocycles. The van der Waals surface area contributed by atoms with Crippen LogP contribution in [0.15, 0.2) is 42.5 Å². The van der Waals surface area contributed by atoms with Crippen LogP contribution in [-0.2, 0) is 11.2 Å². The number of phenols is 1. The van der Waals surface area contributed by atoms with Crippen molar-refractivity contribution in [1.82, 2.24) is 0 Å². The first-order valence-corrected chi connectivity index (χ1v) is 6.85. The largest absolute Gasteiger partial charge is 0.508 e. The lowest BCUT2D eigenvalue weighted by Crippen LogP contribution is -2.32. The number of rotatable bonds is 4. The van der Waals surface area contributed by atoms with E-state index >= 15 is 0 Å². The highest BCUT2D eigenvalue weighted by Crippen LogP contribution is 2.25. The van der Waals surface area contributed by atoms with Crippen LogP contribution in [-0.4, -0.2) is 17.6 Å². The Labute approximate surface area is 123 Å². The van der Waals surface area contributed by atoms with E-state index in [1.807, 2.05) is 13.8 Å². The van der Waals surface area contributed by atoms with Crippen molar-refractivity contribution >= 4 is 11.6 Å². The van der Waals surface area contributed by atoms with E-state index < -0.39 is 0 Å². The zero-order valence-electron chi connectivity index (χ0n) is 12.1. The van der Waals surface area contributed by atoms with Gasteiger partial charge in [-0.25, -0.2) is 4.39 Å². The third-order valence-electron chi connectivity index (χ3n) is 3.37.